The minimum atomic E-state index is 0.145. The molecule has 1 unspecified atom stereocenters. The molecule has 1 saturated carbocycles. The molecule has 0 bridgehead atoms. The molecule has 1 rings (SSSR count). The van der Waals surface area contributed by atoms with Crippen LogP contribution < -0.4 is 5.32 Å². The molecule has 1 atom stereocenters. The molecule has 2 nitrogen and oxygen atoms in total. The Morgan fingerprint density at radius 2 is 1.89 bits per heavy atom. The monoisotopic (exact) mass is 255 g/mol. The fourth-order valence-electron chi connectivity index (χ4n) is 3.08. The largest absolute Gasteiger partial charge is 0.373 e. The van der Waals surface area contributed by atoms with Crippen molar-refractivity contribution in [2.24, 2.45) is 5.92 Å². The lowest BCUT2D eigenvalue weighted by molar-refractivity contribution is -0.0820. The van der Waals surface area contributed by atoms with Crippen LogP contribution >= 0.6 is 0 Å². The molecule has 18 heavy (non-hydrogen) atoms. The van der Waals surface area contributed by atoms with Crippen molar-refractivity contribution < 1.29 is 4.74 Å². The van der Waals surface area contributed by atoms with Crippen LogP contribution in [0.15, 0.2) is 0 Å². The van der Waals surface area contributed by atoms with Gasteiger partial charge in [0, 0.05) is 6.54 Å². The Labute approximate surface area is 114 Å². The van der Waals surface area contributed by atoms with E-state index >= 15 is 0 Å². The van der Waals surface area contributed by atoms with E-state index in [0.29, 0.717) is 0 Å². The third-order valence-corrected chi connectivity index (χ3v) is 4.43. The fraction of sp³-hybridized carbons (Fsp3) is 1.00. The summed E-state index contributed by atoms with van der Waals surface area (Å²) in [5.74, 6) is 0.764. The summed E-state index contributed by atoms with van der Waals surface area (Å²) in [6.45, 7) is 6.57. The van der Waals surface area contributed by atoms with Gasteiger partial charge < -0.3 is 10.1 Å². The first-order chi connectivity index (χ1) is 8.76. The predicted octanol–water partition coefficient (Wildman–Crippen LogP) is 4.14. The molecule has 1 aliphatic carbocycles. The van der Waals surface area contributed by atoms with Crippen molar-refractivity contribution in [3.63, 3.8) is 0 Å². The number of hydrogen-bond donors (Lipinski definition) is 1. The second-order valence-electron chi connectivity index (χ2n) is 6.00. The van der Waals surface area contributed by atoms with Gasteiger partial charge in [-0.15, -0.1) is 0 Å². The lowest BCUT2D eigenvalue weighted by Crippen LogP contribution is -2.44. The molecule has 1 N–H and O–H groups in total. The van der Waals surface area contributed by atoms with Crippen molar-refractivity contribution in [3.8, 4) is 0 Å². The van der Waals surface area contributed by atoms with Gasteiger partial charge in [-0.2, -0.15) is 0 Å². The molecule has 108 valence electrons. The quantitative estimate of drug-likeness (QED) is 0.668. The second-order valence-corrected chi connectivity index (χ2v) is 6.00. The molecule has 0 aromatic rings. The summed E-state index contributed by atoms with van der Waals surface area (Å²) >= 11 is 0. The summed E-state index contributed by atoms with van der Waals surface area (Å²) in [6.07, 6.45) is 11.8. The summed E-state index contributed by atoms with van der Waals surface area (Å²) in [5, 5.41) is 3.34. The highest BCUT2D eigenvalue weighted by atomic mass is 16.5. The summed E-state index contributed by atoms with van der Waals surface area (Å²) in [5.41, 5.74) is 0.145. The average Bonchev–Trinajstić information content (AvgIpc) is 2.40. The molecule has 0 aromatic carbocycles. The Kier molecular flexibility index (Phi) is 7.92. The first kappa shape index (κ1) is 16.0. The van der Waals surface area contributed by atoms with Gasteiger partial charge in [0.05, 0.1) is 12.2 Å². The number of unbranched alkanes of at least 4 members (excludes halogenated alkanes) is 1. The first-order valence-corrected chi connectivity index (χ1v) is 8.05. The van der Waals surface area contributed by atoms with Gasteiger partial charge in [0.25, 0.3) is 0 Å². The minimum absolute atomic E-state index is 0.145. The lowest BCUT2D eigenvalue weighted by Gasteiger charge is -2.38. The fourth-order valence-corrected chi connectivity index (χ4v) is 3.08. The van der Waals surface area contributed by atoms with E-state index in [9.17, 15) is 0 Å². The van der Waals surface area contributed by atoms with Gasteiger partial charge in [-0.3, -0.25) is 0 Å². The maximum absolute atomic E-state index is 6.40. The van der Waals surface area contributed by atoms with E-state index in [1.54, 1.807) is 0 Å². The predicted molar refractivity (Wildman–Crippen MR) is 79.0 cm³/mol. The van der Waals surface area contributed by atoms with Crippen LogP contribution in [0.25, 0.3) is 0 Å². The Hall–Kier alpha value is -0.0800. The summed E-state index contributed by atoms with van der Waals surface area (Å²) < 4.78 is 6.40. The molecule has 0 aromatic heterocycles. The SMILES string of the molecule is CCCCC(CC)COC1(CNC)CCCCC1. The molecule has 0 saturated heterocycles. The number of rotatable bonds is 9. The zero-order chi connectivity index (χ0) is 13.3. The van der Waals surface area contributed by atoms with Crippen molar-refractivity contribution in [2.75, 3.05) is 20.2 Å². The van der Waals surface area contributed by atoms with Crippen LogP contribution in [-0.4, -0.2) is 25.8 Å². The number of hydrogen-bond acceptors (Lipinski definition) is 2. The van der Waals surface area contributed by atoms with E-state index in [4.69, 9.17) is 4.74 Å². The standard InChI is InChI=1S/C16H33NO/c1-4-6-10-15(5-2)13-18-16(14-17-3)11-8-7-9-12-16/h15,17H,4-14H2,1-3H3. The van der Waals surface area contributed by atoms with E-state index in [2.05, 4.69) is 19.2 Å². The van der Waals surface area contributed by atoms with Crippen LogP contribution in [0.5, 0.6) is 0 Å². The number of nitrogens with one attached hydrogen (secondary N) is 1. The van der Waals surface area contributed by atoms with E-state index < -0.39 is 0 Å². The third-order valence-electron chi connectivity index (χ3n) is 4.43. The molecule has 2 heteroatoms. The van der Waals surface area contributed by atoms with E-state index in [1.807, 2.05) is 7.05 Å². The van der Waals surface area contributed by atoms with Crippen LogP contribution in [0, 0.1) is 5.92 Å². The average molecular weight is 255 g/mol. The summed E-state index contributed by atoms with van der Waals surface area (Å²) in [7, 11) is 2.05. The highest BCUT2D eigenvalue weighted by molar-refractivity contribution is 4.86. The Morgan fingerprint density at radius 1 is 1.17 bits per heavy atom. The first-order valence-electron chi connectivity index (χ1n) is 8.05. The maximum Gasteiger partial charge on any atom is 0.0806 e. The van der Waals surface area contributed by atoms with Gasteiger partial charge in [0.1, 0.15) is 0 Å². The van der Waals surface area contributed by atoms with Gasteiger partial charge in [-0.25, -0.2) is 0 Å². The van der Waals surface area contributed by atoms with Crippen molar-refractivity contribution in [3.05, 3.63) is 0 Å². The second kappa shape index (κ2) is 8.92. The minimum Gasteiger partial charge on any atom is -0.373 e. The lowest BCUT2D eigenvalue weighted by atomic mass is 9.84. The van der Waals surface area contributed by atoms with E-state index in [-0.39, 0.29) is 5.60 Å². The van der Waals surface area contributed by atoms with Crippen molar-refractivity contribution >= 4 is 0 Å². The van der Waals surface area contributed by atoms with Crippen LogP contribution in [0.2, 0.25) is 0 Å². The molecule has 0 spiro atoms. The van der Waals surface area contributed by atoms with Crippen molar-refractivity contribution in [1.29, 1.82) is 0 Å². The van der Waals surface area contributed by atoms with Gasteiger partial charge in [-0.05, 0) is 32.2 Å². The molecule has 0 aliphatic heterocycles. The number of likely N-dealkylation sites (N-methyl/N-ethyl adjacent to an activating group) is 1. The zero-order valence-corrected chi connectivity index (χ0v) is 12.8. The summed E-state index contributed by atoms with van der Waals surface area (Å²) in [6, 6.07) is 0. The molecule has 0 radical (unpaired) electrons. The number of ether oxygens (including phenoxy) is 1. The maximum atomic E-state index is 6.40. The summed E-state index contributed by atoms with van der Waals surface area (Å²) in [4.78, 5) is 0. The van der Waals surface area contributed by atoms with E-state index in [1.165, 1.54) is 57.8 Å². The molecular formula is C16H33NO. The third kappa shape index (κ3) is 5.27. The Bertz CT molecular complexity index is 194. The van der Waals surface area contributed by atoms with Crippen LogP contribution in [0.1, 0.15) is 71.6 Å². The Balaban J connectivity index is 2.39. The molecule has 1 aliphatic rings. The van der Waals surface area contributed by atoms with Crippen molar-refractivity contribution in [2.45, 2.75) is 77.2 Å². The highest BCUT2D eigenvalue weighted by Gasteiger charge is 2.32. The van der Waals surface area contributed by atoms with Gasteiger partial charge >= 0.3 is 0 Å². The van der Waals surface area contributed by atoms with Crippen LogP contribution in [0.4, 0.5) is 0 Å². The van der Waals surface area contributed by atoms with Gasteiger partial charge in [-0.1, -0.05) is 52.4 Å². The van der Waals surface area contributed by atoms with Gasteiger partial charge in [0.2, 0.25) is 0 Å². The Morgan fingerprint density at radius 3 is 2.44 bits per heavy atom. The smallest absolute Gasteiger partial charge is 0.0806 e. The zero-order valence-electron chi connectivity index (χ0n) is 12.8. The molecule has 0 amide bonds. The van der Waals surface area contributed by atoms with E-state index in [0.717, 1.165) is 19.1 Å². The van der Waals surface area contributed by atoms with Crippen LogP contribution in [-0.2, 0) is 4.74 Å². The topological polar surface area (TPSA) is 21.3 Å². The van der Waals surface area contributed by atoms with Crippen molar-refractivity contribution in [1.82, 2.24) is 5.32 Å². The normalized spacial score (nSPS) is 20.8. The van der Waals surface area contributed by atoms with Gasteiger partial charge in [0.15, 0.2) is 0 Å². The van der Waals surface area contributed by atoms with Crippen LogP contribution in [0.3, 0.4) is 0 Å². The molecule has 1 fully saturated rings. The molecule has 0 heterocycles. The molecular weight excluding hydrogens is 222 g/mol. The highest BCUT2D eigenvalue weighted by Crippen LogP contribution is 2.32.